The number of carbonyl (C=O) groups excluding carboxylic acids is 3. The van der Waals surface area contributed by atoms with Crippen LogP contribution in [0.2, 0.25) is 0 Å². The van der Waals surface area contributed by atoms with Crippen molar-refractivity contribution in [3.05, 3.63) is 102 Å². The molecule has 0 saturated heterocycles. The molecule has 0 fully saturated rings. The van der Waals surface area contributed by atoms with Crippen molar-refractivity contribution < 1.29 is 14.4 Å². The molecule has 152 valence electrons. The predicted octanol–water partition coefficient (Wildman–Crippen LogP) is 3.73. The SMILES string of the molecule is CN(C)C(=O)c1ccc(N(C(=O)Cc2ccccc2)C(=O)Cc2ccccc2)cc1. The van der Waals surface area contributed by atoms with Crippen molar-refractivity contribution in [2.24, 2.45) is 0 Å². The predicted molar refractivity (Wildman–Crippen MR) is 117 cm³/mol. The van der Waals surface area contributed by atoms with Crippen LogP contribution in [0.1, 0.15) is 21.5 Å². The topological polar surface area (TPSA) is 57.7 Å². The van der Waals surface area contributed by atoms with Gasteiger partial charge in [-0.1, -0.05) is 60.7 Å². The molecule has 3 aromatic carbocycles. The lowest BCUT2D eigenvalue weighted by Gasteiger charge is -2.22. The van der Waals surface area contributed by atoms with E-state index in [1.807, 2.05) is 60.7 Å². The third kappa shape index (κ3) is 5.20. The summed E-state index contributed by atoms with van der Waals surface area (Å²) in [5.41, 5.74) is 2.61. The van der Waals surface area contributed by atoms with Gasteiger partial charge in [0.05, 0.1) is 18.5 Å². The summed E-state index contributed by atoms with van der Waals surface area (Å²) in [6.45, 7) is 0. The Labute approximate surface area is 176 Å². The maximum Gasteiger partial charge on any atom is 0.253 e. The van der Waals surface area contributed by atoms with Crippen LogP contribution in [0.25, 0.3) is 0 Å². The second-order valence-corrected chi connectivity index (χ2v) is 7.19. The summed E-state index contributed by atoms with van der Waals surface area (Å²) < 4.78 is 0. The molecule has 0 aliphatic heterocycles. The Kier molecular flexibility index (Phi) is 6.75. The zero-order valence-corrected chi connectivity index (χ0v) is 17.1. The van der Waals surface area contributed by atoms with Crippen LogP contribution in [0.15, 0.2) is 84.9 Å². The Morgan fingerprint density at radius 2 is 1.07 bits per heavy atom. The highest BCUT2D eigenvalue weighted by atomic mass is 16.2. The quantitative estimate of drug-likeness (QED) is 0.633. The number of hydrogen-bond donors (Lipinski definition) is 0. The van der Waals surface area contributed by atoms with E-state index in [1.54, 1.807) is 38.4 Å². The van der Waals surface area contributed by atoms with E-state index in [1.165, 1.54) is 9.80 Å². The Hall–Kier alpha value is -3.73. The second kappa shape index (κ2) is 9.65. The largest absolute Gasteiger partial charge is 0.345 e. The number of carbonyl (C=O) groups is 3. The van der Waals surface area contributed by atoms with Crippen LogP contribution >= 0.6 is 0 Å². The minimum atomic E-state index is -0.311. The molecule has 0 unspecified atom stereocenters. The molecule has 0 radical (unpaired) electrons. The van der Waals surface area contributed by atoms with Gasteiger partial charge in [0, 0.05) is 19.7 Å². The normalized spacial score (nSPS) is 10.3. The molecule has 30 heavy (non-hydrogen) atoms. The zero-order valence-electron chi connectivity index (χ0n) is 17.1. The average molecular weight is 400 g/mol. The van der Waals surface area contributed by atoms with Crippen molar-refractivity contribution >= 4 is 23.4 Å². The molecule has 0 bridgehead atoms. The number of hydrogen-bond acceptors (Lipinski definition) is 3. The van der Waals surface area contributed by atoms with Crippen molar-refractivity contribution in [2.75, 3.05) is 19.0 Å². The molecule has 0 aliphatic carbocycles. The molecular formula is C25H24N2O3. The van der Waals surface area contributed by atoms with E-state index < -0.39 is 0 Å². The lowest BCUT2D eigenvalue weighted by atomic mass is 10.1. The van der Waals surface area contributed by atoms with Gasteiger partial charge in [0.1, 0.15) is 0 Å². The van der Waals surface area contributed by atoms with E-state index in [0.717, 1.165) is 11.1 Å². The van der Waals surface area contributed by atoms with Crippen molar-refractivity contribution in [3.63, 3.8) is 0 Å². The van der Waals surface area contributed by atoms with Crippen molar-refractivity contribution in [3.8, 4) is 0 Å². The van der Waals surface area contributed by atoms with Crippen LogP contribution in [-0.4, -0.2) is 36.7 Å². The van der Waals surface area contributed by atoms with Gasteiger partial charge in [0.15, 0.2) is 0 Å². The molecule has 0 atom stereocenters. The fourth-order valence-corrected chi connectivity index (χ4v) is 3.14. The van der Waals surface area contributed by atoms with Gasteiger partial charge in [0.25, 0.3) is 5.91 Å². The standard InChI is InChI=1S/C25H24N2O3/c1-26(2)25(30)21-13-15-22(16-14-21)27(23(28)17-19-9-5-3-6-10-19)24(29)18-20-11-7-4-8-12-20/h3-16H,17-18H2,1-2H3. The van der Waals surface area contributed by atoms with Gasteiger partial charge in [-0.25, -0.2) is 0 Å². The number of nitrogens with zero attached hydrogens (tertiary/aromatic N) is 2. The Balaban J connectivity index is 1.89. The zero-order chi connectivity index (χ0) is 21.5. The van der Waals surface area contributed by atoms with E-state index in [-0.39, 0.29) is 30.6 Å². The number of rotatable bonds is 6. The first-order valence-electron chi connectivity index (χ1n) is 9.71. The molecular weight excluding hydrogens is 376 g/mol. The van der Waals surface area contributed by atoms with Crippen LogP contribution in [-0.2, 0) is 22.4 Å². The maximum absolute atomic E-state index is 13.1. The summed E-state index contributed by atoms with van der Waals surface area (Å²) in [4.78, 5) is 41.0. The van der Waals surface area contributed by atoms with Crippen molar-refractivity contribution in [2.45, 2.75) is 12.8 Å². The lowest BCUT2D eigenvalue weighted by Crippen LogP contribution is -2.39. The van der Waals surface area contributed by atoms with E-state index in [9.17, 15) is 14.4 Å². The smallest absolute Gasteiger partial charge is 0.253 e. The highest BCUT2D eigenvalue weighted by Gasteiger charge is 2.24. The van der Waals surface area contributed by atoms with Crippen LogP contribution in [0, 0.1) is 0 Å². The lowest BCUT2D eigenvalue weighted by molar-refractivity contribution is -0.125. The monoisotopic (exact) mass is 400 g/mol. The van der Waals surface area contributed by atoms with E-state index in [4.69, 9.17) is 0 Å². The molecule has 0 heterocycles. The number of benzene rings is 3. The summed E-state index contributed by atoms with van der Waals surface area (Å²) in [7, 11) is 3.35. The van der Waals surface area contributed by atoms with Crippen LogP contribution < -0.4 is 4.90 Å². The first-order chi connectivity index (χ1) is 14.5. The molecule has 3 rings (SSSR count). The fourth-order valence-electron chi connectivity index (χ4n) is 3.14. The van der Waals surface area contributed by atoms with E-state index in [0.29, 0.717) is 11.3 Å². The molecule has 0 N–H and O–H groups in total. The summed E-state index contributed by atoms with van der Waals surface area (Å²) in [5, 5.41) is 0. The second-order valence-electron chi connectivity index (χ2n) is 7.19. The Bertz CT molecular complexity index is 960. The van der Waals surface area contributed by atoms with Gasteiger partial charge < -0.3 is 4.90 Å². The molecule has 0 saturated carbocycles. The highest BCUT2D eigenvalue weighted by molar-refractivity contribution is 6.16. The molecule has 0 aromatic heterocycles. The Morgan fingerprint density at radius 1 is 0.633 bits per heavy atom. The first-order valence-corrected chi connectivity index (χ1v) is 9.71. The van der Waals surface area contributed by atoms with Crippen LogP contribution in [0.5, 0.6) is 0 Å². The van der Waals surface area contributed by atoms with Crippen molar-refractivity contribution in [1.29, 1.82) is 0 Å². The van der Waals surface area contributed by atoms with Gasteiger partial charge >= 0.3 is 0 Å². The summed E-state index contributed by atoms with van der Waals surface area (Å²) >= 11 is 0. The molecule has 3 aromatic rings. The van der Waals surface area contributed by atoms with Gasteiger partial charge in [-0.2, -0.15) is 0 Å². The molecule has 5 nitrogen and oxygen atoms in total. The van der Waals surface area contributed by atoms with Crippen LogP contribution in [0.3, 0.4) is 0 Å². The number of amides is 3. The van der Waals surface area contributed by atoms with Gasteiger partial charge in [-0.05, 0) is 35.4 Å². The number of anilines is 1. The fraction of sp³-hybridized carbons (Fsp3) is 0.160. The summed E-state index contributed by atoms with van der Waals surface area (Å²) in [6, 6.07) is 25.2. The molecule has 3 amide bonds. The molecule has 0 spiro atoms. The van der Waals surface area contributed by atoms with Gasteiger partial charge in [-0.3, -0.25) is 19.3 Å². The molecule has 0 aliphatic rings. The van der Waals surface area contributed by atoms with E-state index in [2.05, 4.69) is 0 Å². The average Bonchev–Trinajstić information content (AvgIpc) is 2.75. The summed E-state index contributed by atoms with van der Waals surface area (Å²) in [6.07, 6.45) is 0.222. The minimum absolute atomic E-state index is 0.111. The highest BCUT2D eigenvalue weighted by Crippen LogP contribution is 2.19. The van der Waals surface area contributed by atoms with Crippen LogP contribution in [0.4, 0.5) is 5.69 Å². The Morgan fingerprint density at radius 3 is 1.47 bits per heavy atom. The van der Waals surface area contributed by atoms with E-state index >= 15 is 0 Å². The third-order valence-electron chi connectivity index (χ3n) is 4.67. The summed E-state index contributed by atoms with van der Waals surface area (Å²) in [5.74, 6) is -0.762. The molecule has 5 heteroatoms. The minimum Gasteiger partial charge on any atom is -0.345 e. The first kappa shape index (κ1) is 21.0. The van der Waals surface area contributed by atoms with Gasteiger partial charge in [0.2, 0.25) is 11.8 Å². The van der Waals surface area contributed by atoms with Crippen molar-refractivity contribution in [1.82, 2.24) is 4.90 Å². The maximum atomic E-state index is 13.1. The number of imide groups is 1. The van der Waals surface area contributed by atoms with Gasteiger partial charge in [-0.15, -0.1) is 0 Å². The third-order valence-corrected chi connectivity index (χ3v) is 4.67.